The molecule has 122 valence electrons. The standard InChI is InChI=1S/C14H20N2O5S/c1-9(17)22-8-4-6-14(2)12(20)15-7-3-5-10(11(18)19)16(15)13(14)21/h10H,3-8H2,1-2H3,(H,18,19). The molecule has 2 aliphatic rings. The zero-order chi connectivity index (χ0) is 16.5. The van der Waals surface area contributed by atoms with Gasteiger partial charge in [0.05, 0.1) is 0 Å². The molecule has 2 heterocycles. The second kappa shape index (κ2) is 6.28. The molecule has 2 aliphatic heterocycles. The summed E-state index contributed by atoms with van der Waals surface area (Å²) in [5, 5.41) is 11.7. The maximum atomic E-state index is 12.6. The number of fused-ring (bicyclic) bond motifs is 1. The predicted molar refractivity (Wildman–Crippen MR) is 79.7 cm³/mol. The van der Waals surface area contributed by atoms with Crippen LogP contribution in [0.4, 0.5) is 0 Å². The molecule has 0 aromatic heterocycles. The van der Waals surface area contributed by atoms with Gasteiger partial charge in [-0.1, -0.05) is 11.8 Å². The molecule has 0 aromatic rings. The van der Waals surface area contributed by atoms with Crippen LogP contribution in [-0.2, 0) is 19.2 Å². The first-order chi connectivity index (χ1) is 10.3. The summed E-state index contributed by atoms with van der Waals surface area (Å²) in [7, 11) is 0. The van der Waals surface area contributed by atoms with Crippen LogP contribution in [0, 0.1) is 5.41 Å². The van der Waals surface area contributed by atoms with E-state index in [0.29, 0.717) is 38.0 Å². The zero-order valence-corrected chi connectivity index (χ0v) is 13.5. The van der Waals surface area contributed by atoms with Gasteiger partial charge < -0.3 is 5.11 Å². The van der Waals surface area contributed by atoms with E-state index in [9.17, 15) is 24.3 Å². The summed E-state index contributed by atoms with van der Waals surface area (Å²) in [5.74, 6) is -1.29. The van der Waals surface area contributed by atoms with Crippen LogP contribution in [0.3, 0.4) is 0 Å². The summed E-state index contributed by atoms with van der Waals surface area (Å²) >= 11 is 1.16. The molecule has 0 spiro atoms. The lowest BCUT2D eigenvalue weighted by atomic mass is 9.84. The average molecular weight is 328 g/mol. The van der Waals surface area contributed by atoms with Crippen molar-refractivity contribution in [3.63, 3.8) is 0 Å². The first-order valence-corrected chi connectivity index (χ1v) is 8.29. The van der Waals surface area contributed by atoms with E-state index >= 15 is 0 Å². The van der Waals surface area contributed by atoms with Crippen LogP contribution in [0.15, 0.2) is 0 Å². The lowest BCUT2D eigenvalue weighted by molar-refractivity contribution is -0.169. The first-order valence-electron chi connectivity index (χ1n) is 7.31. The topological polar surface area (TPSA) is 95.0 Å². The number of thioether (sulfide) groups is 1. The summed E-state index contributed by atoms with van der Waals surface area (Å²) in [4.78, 5) is 47.4. The molecule has 0 aliphatic carbocycles. The number of carbonyl (C=O) groups excluding carboxylic acids is 3. The van der Waals surface area contributed by atoms with E-state index in [1.54, 1.807) is 6.92 Å². The SMILES string of the molecule is CC(=O)SCCCC1(C)C(=O)N2CCCC(C(=O)O)N2C1=O. The molecule has 2 rings (SSSR count). The normalized spacial score (nSPS) is 28.0. The van der Waals surface area contributed by atoms with E-state index in [1.807, 2.05) is 0 Å². The van der Waals surface area contributed by atoms with Crippen molar-refractivity contribution in [2.45, 2.75) is 45.6 Å². The Kier molecular flexibility index (Phi) is 4.79. The minimum atomic E-state index is -1.21. The minimum Gasteiger partial charge on any atom is -0.480 e. The van der Waals surface area contributed by atoms with Gasteiger partial charge in [0.15, 0.2) is 11.2 Å². The molecule has 2 fully saturated rings. The van der Waals surface area contributed by atoms with Crippen LogP contribution < -0.4 is 0 Å². The van der Waals surface area contributed by atoms with Crippen molar-refractivity contribution in [2.24, 2.45) is 5.41 Å². The molecule has 22 heavy (non-hydrogen) atoms. The molecule has 0 bridgehead atoms. The Morgan fingerprint density at radius 1 is 1.36 bits per heavy atom. The quantitative estimate of drug-likeness (QED) is 0.595. The Morgan fingerprint density at radius 2 is 2.05 bits per heavy atom. The summed E-state index contributed by atoms with van der Waals surface area (Å²) < 4.78 is 0. The van der Waals surface area contributed by atoms with Gasteiger partial charge in [-0.05, 0) is 32.6 Å². The third-order valence-electron chi connectivity index (χ3n) is 4.20. The number of rotatable bonds is 5. The second-order valence-corrected chi connectivity index (χ2v) is 7.12. The molecule has 0 saturated carbocycles. The van der Waals surface area contributed by atoms with Crippen LogP contribution >= 0.6 is 11.8 Å². The van der Waals surface area contributed by atoms with Gasteiger partial charge in [0.1, 0.15) is 5.41 Å². The maximum Gasteiger partial charge on any atom is 0.328 e. The van der Waals surface area contributed by atoms with Crippen molar-refractivity contribution < 1.29 is 24.3 Å². The van der Waals surface area contributed by atoms with Gasteiger partial charge in [0.2, 0.25) is 0 Å². The van der Waals surface area contributed by atoms with Gasteiger partial charge >= 0.3 is 5.97 Å². The van der Waals surface area contributed by atoms with Gasteiger partial charge in [0.25, 0.3) is 11.8 Å². The molecule has 1 N–H and O–H groups in total. The monoisotopic (exact) mass is 328 g/mol. The van der Waals surface area contributed by atoms with Crippen LogP contribution in [-0.4, -0.2) is 56.4 Å². The van der Waals surface area contributed by atoms with Gasteiger partial charge in [-0.25, -0.2) is 14.8 Å². The second-order valence-electron chi connectivity index (χ2n) is 5.85. The van der Waals surface area contributed by atoms with Crippen molar-refractivity contribution in [3.8, 4) is 0 Å². The van der Waals surface area contributed by atoms with Gasteiger partial charge in [-0.15, -0.1) is 0 Å². The number of aliphatic carboxylic acids is 1. The highest BCUT2D eigenvalue weighted by atomic mass is 32.2. The highest BCUT2D eigenvalue weighted by Gasteiger charge is 2.58. The van der Waals surface area contributed by atoms with E-state index < -0.39 is 23.3 Å². The van der Waals surface area contributed by atoms with Crippen molar-refractivity contribution in [2.75, 3.05) is 12.3 Å². The number of carboxylic acids is 1. The third-order valence-corrected chi connectivity index (χ3v) is 5.10. The maximum absolute atomic E-state index is 12.6. The number of amides is 2. The number of hydrazine groups is 1. The van der Waals surface area contributed by atoms with E-state index in [4.69, 9.17) is 0 Å². The highest BCUT2D eigenvalue weighted by molar-refractivity contribution is 8.13. The molecule has 2 unspecified atom stereocenters. The number of nitrogens with zero attached hydrogens (tertiary/aromatic N) is 2. The van der Waals surface area contributed by atoms with Crippen LogP contribution in [0.1, 0.15) is 39.5 Å². The predicted octanol–water partition coefficient (Wildman–Crippen LogP) is 0.885. The van der Waals surface area contributed by atoms with Crippen molar-refractivity contribution in [1.82, 2.24) is 10.0 Å². The Morgan fingerprint density at radius 3 is 2.64 bits per heavy atom. The average Bonchev–Trinajstić information content (AvgIpc) is 2.66. The Hall–Kier alpha value is -1.57. The first kappa shape index (κ1) is 16.8. The van der Waals surface area contributed by atoms with E-state index in [2.05, 4.69) is 0 Å². The fourth-order valence-corrected chi connectivity index (χ4v) is 3.57. The van der Waals surface area contributed by atoms with Crippen molar-refractivity contribution >= 4 is 34.7 Å². The fraction of sp³-hybridized carbons (Fsp3) is 0.714. The van der Waals surface area contributed by atoms with E-state index in [0.717, 1.165) is 16.8 Å². The van der Waals surface area contributed by atoms with Gasteiger partial charge in [-0.3, -0.25) is 14.4 Å². The van der Waals surface area contributed by atoms with E-state index in [-0.39, 0.29) is 11.0 Å². The van der Waals surface area contributed by atoms with Crippen molar-refractivity contribution in [3.05, 3.63) is 0 Å². The Labute approximate surface area is 133 Å². The summed E-state index contributed by atoms with van der Waals surface area (Å²) in [6, 6.07) is -0.960. The number of hydrogen-bond donors (Lipinski definition) is 1. The molecule has 0 aromatic carbocycles. The lowest BCUT2D eigenvalue weighted by Crippen LogP contribution is -2.54. The largest absolute Gasteiger partial charge is 0.480 e. The molecule has 7 nitrogen and oxygen atoms in total. The lowest BCUT2D eigenvalue weighted by Gasteiger charge is -2.36. The molecule has 8 heteroatoms. The van der Waals surface area contributed by atoms with Crippen LogP contribution in [0.2, 0.25) is 0 Å². The van der Waals surface area contributed by atoms with Gasteiger partial charge in [0, 0.05) is 19.2 Å². The molecule has 0 radical (unpaired) electrons. The number of carbonyl (C=O) groups is 4. The summed E-state index contributed by atoms with van der Waals surface area (Å²) in [5.41, 5.74) is -1.21. The van der Waals surface area contributed by atoms with Gasteiger partial charge in [-0.2, -0.15) is 0 Å². The Balaban J connectivity index is 2.12. The number of carboxylic acid groups (broad SMARTS) is 1. The molecular formula is C14H20N2O5S. The molecule has 2 saturated heterocycles. The number of hydrogen-bond acceptors (Lipinski definition) is 5. The Bertz CT molecular complexity index is 523. The minimum absolute atomic E-state index is 0.00124. The van der Waals surface area contributed by atoms with E-state index in [1.165, 1.54) is 11.9 Å². The highest BCUT2D eigenvalue weighted by Crippen LogP contribution is 2.40. The molecule has 2 amide bonds. The van der Waals surface area contributed by atoms with Crippen LogP contribution in [0.5, 0.6) is 0 Å². The molecule has 2 atom stereocenters. The third kappa shape index (κ3) is 2.84. The zero-order valence-electron chi connectivity index (χ0n) is 12.7. The summed E-state index contributed by atoms with van der Waals surface area (Å²) in [6.45, 7) is 3.43. The van der Waals surface area contributed by atoms with Crippen LogP contribution in [0.25, 0.3) is 0 Å². The smallest absolute Gasteiger partial charge is 0.328 e. The fourth-order valence-electron chi connectivity index (χ4n) is 3.00. The van der Waals surface area contributed by atoms with Crippen molar-refractivity contribution in [1.29, 1.82) is 0 Å². The summed E-state index contributed by atoms with van der Waals surface area (Å²) in [6.07, 6.45) is 1.81. The molecular weight excluding hydrogens is 308 g/mol.